The fraction of sp³-hybridized carbons (Fsp3) is 0.333. The first-order valence-corrected chi connectivity index (χ1v) is 3.77. The number of hydrogen-bond acceptors (Lipinski definition) is 3. The van der Waals surface area contributed by atoms with Gasteiger partial charge in [0, 0.05) is 19.3 Å². The third-order valence-electron chi connectivity index (χ3n) is 1.52. The SMILES string of the molecule is CC(=O)OC(C)c1ccncc1. The average Bonchev–Trinajstić information content (AvgIpc) is 2.05. The summed E-state index contributed by atoms with van der Waals surface area (Å²) in [4.78, 5) is 14.5. The molecule has 0 amide bonds. The monoisotopic (exact) mass is 165 g/mol. The minimum absolute atomic E-state index is 0.189. The molecule has 1 atom stereocenters. The maximum atomic E-state index is 10.6. The Bertz CT molecular complexity index is 258. The van der Waals surface area contributed by atoms with E-state index < -0.39 is 0 Å². The van der Waals surface area contributed by atoms with Gasteiger partial charge in [-0.2, -0.15) is 0 Å². The minimum atomic E-state index is -0.265. The molecule has 64 valence electrons. The summed E-state index contributed by atoms with van der Waals surface area (Å²) in [5.41, 5.74) is 0.959. The van der Waals surface area contributed by atoms with Gasteiger partial charge < -0.3 is 4.74 Å². The zero-order valence-electron chi connectivity index (χ0n) is 7.15. The Morgan fingerprint density at radius 2 is 2.08 bits per heavy atom. The minimum Gasteiger partial charge on any atom is -0.458 e. The van der Waals surface area contributed by atoms with Crippen LogP contribution in [0.5, 0.6) is 0 Å². The lowest BCUT2D eigenvalue weighted by atomic mass is 10.2. The second kappa shape index (κ2) is 3.85. The normalized spacial score (nSPS) is 12.2. The van der Waals surface area contributed by atoms with Gasteiger partial charge in [-0.1, -0.05) is 0 Å². The molecular weight excluding hydrogens is 154 g/mol. The maximum absolute atomic E-state index is 10.6. The molecule has 0 saturated carbocycles. The highest BCUT2D eigenvalue weighted by Crippen LogP contribution is 2.14. The van der Waals surface area contributed by atoms with E-state index in [4.69, 9.17) is 4.74 Å². The molecule has 0 bridgehead atoms. The molecule has 0 aromatic carbocycles. The fourth-order valence-corrected chi connectivity index (χ4v) is 0.951. The quantitative estimate of drug-likeness (QED) is 0.626. The van der Waals surface area contributed by atoms with E-state index in [1.807, 2.05) is 19.1 Å². The van der Waals surface area contributed by atoms with Crippen molar-refractivity contribution in [3.8, 4) is 0 Å². The molecule has 0 saturated heterocycles. The van der Waals surface area contributed by atoms with Crippen molar-refractivity contribution < 1.29 is 9.53 Å². The number of rotatable bonds is 2. The van der Waals surface area contributed by atoms with Crippen LogP contribution in [0.4, 0.5) is 0 Å². The van der Waals surface area contributed by atoms with E-state index in [-0.39, 0.29) is 12.1 Å². The van der Waals surface area contributed by atoms with Crippen LogP contribution in [0.3, 0.4) is 0 Å². The zero-order valence-corrected chi connectivity index (χ0v) is 7.15. The number of carbonyl (C=O) groups excluding carboxylic acids is 1. The number of hydrogen-bond donors (Lipinski definition) is 0. The molecular formula is C9H11NO2. The summed E-state index contributed by atoms with van der Waals surface area (Å²) in [5.74, 6) is -0.265. The van der Waals surface area contributed by atoms with E-state index in [2.05, 4.69) is 4.98 Å². The van der Waals surface area contributed by atoms with Crippen LogP contribution in [0, 0.1) is 0 Å². The van der Waals surface area contributed by atoms with Crippen molar-refractivity contribution in [1.82, 2.24) is 4.98 Å². The predicted octanol–water partition coefficient (Wildman–Crippen LogP) is 1.71. The van der Waals surface area contributed by atoms with Crippen LogP contribution in [-0.4, -0.2) is 11.0 Å². The maximum Gasteiger partial charge on any atom is 0.303 e. The molecule has 1 aromatic rings. The van der Waals surface area contributed by atoms with Gasteiger partial charge in [0.05, 0.1) is 0 Å². The van der Waals surface area contributed by atoms with E-state index >= 15 is 0 Å². The van der Waals surface area contributed by atoms with Crippen LogP contribution in [0.25, 0.3) is 0 Å². The standard InChI is InChI=1S/C9H11NO2/c1-7(12-8(2)11)9-3-5-10-6-4-9/h3-7H,1-2H3. The summed E-state index contributed by atoms with van der Waals surface area (Å²) in [6.07, 6.45) is 3.16. The Morgan fingerprint density at radius 1 is 1.50 bits per heavy atom. The summed E-state index contributed by atoms with van der Waals surface area (Å²) in [6, 6.07) is 3.65. The van der Waals surface area contributed by atoms with Crippen LogP contribution in [0.1, 0.15) is 25.5 Å². The van der Waals surface area contributed by atoms with Gasteiger partial charge in [-0.3, -0.25) is 9.78 Å². The number of nitrogens with zero attached hydrogens (tertiary/aromatic N) is 1. The van der Waals surface area contributed by atoms with Crippen LogP contribution < -0.4 is 0 Å². The van der Waals surface area contributed by atoms with Crippen molar-refractivity contribution in [1.29, 1.82) is 0 Å². The van der Waals surface area contributed by atoms with Crippen molar-refractivity contribution in [2.75, 3.05) is 0 Å². The smallest absolute Gasteiger partial charge is 0.303 e. The first kappa shape index (κ1) is 8.71. The summed E-state index contributed by atoms with van der Waals surface area (Å²) < 4.78 is 4.97. The number of aromatic nitrogens is 1. The van der Waals surface area contributed by atoms with Crippen LogP contribution in [-0.2, 0) is 9.53 Å². The highest BCUT2D eigenvalue weighted by Gasteiger charge is 2.06. The van der Waals surface area contributed by atoms with E-state index in [0.29, 0.717) is 0 Å². The Hall–Kier alpha value is -1.38. The van der Waals surface area contributed by atoms with Gasteiger partial charge in [-0.05, 0) is 24.6 Å². The van der Waals surface area contributed by atoms with Gasteiger partial charge in [0.1, 0.15) is 6.10 Å². The molecule has 0 radical (unpaired) electrons. The number of ether oxygens (including phenoxy) is 1. The van der Waals surface area contributed by atoms with E-state index in [9.17, 15) is 4.79 Å². The Labute approximate surface area is 71.4 Å². The molecule has 1 aromatic heterocycles. The molecule has 0 aliphatic heterocycles. The highest BCUT2D eigenvalue weighted by molar-refractivity contribution is 5.66. The Balaban J connectivity index is 2.65. The topological polar surface area (TPSA) is 39.2 Å². The summed E-state index contributed by atoms with van der Waals surface area (Å²) >= 11 is 0. The van der Waals surface area contributed by atoms with Gasteiger partial charge in [0.2, 0.25) is 0 Å². The van der Waals surface area contributed by atoms with Crippen molar-refractivity contribution in [2.24, 2.45) is 0 Å². The van der Waals surface area contributed by atoms with Crippen LogP contribution in [0.2, 0.25) is 0 Å². The lowest BCUT2D eigenvalue weighted by Gasteiger charge is -2.10. The summed E-state index contributed by atoms with van der Waals surface area (Å²) in [7, 11) is 0. The molecule has 0 aliphatic rings. The van der Waals surface area contributed by atoms with Gasteiger partial charge in [0.25, 0.3) is 0 Å². The van der Waals surface area contributed by atoms with Gasteiger partial charge in [-0.25, -0.2) is 0 Å². The third-order valence-corrected chi connectivity index (χ3v) is 1.52. The molecule has 0 N–H and O–H groups in total. The first-order chi connectivity index (χ1) is 5.70. The first-order valence-electron chi connectivity index (χ1n) is 3.77. The lowest BCUT2D eigenvalue weighted by molar-refractivity contribution is -0.145. The molecule has 3 heteroatoms. The zero-order chi connectivity index (χ0) is 8.97. The third kappa shape index (κ3) is 2.34. The van der Waals surface area contributed by atoms with E-state index in [0.717, 1.165) is 5.56 Å². The molecule has 0 spiro atoms. The molecule has 12 heavy (non-hydrogen) atoms. The number of esters is 1. The van der Waals surface area contributed by atoms with E-state index in [1.54, 1.807) is 12.4 Å². The van der Waals surface area contributed by atoms with Gasteiger partial charge >= 0.3 is 5.97 Å². The second-order valence-corrected chi connectivity index (χ2v) is 2.53. The molecule has 3 nitrogen and oxygen atoms in total. The van der Waals surface area contributed by atoms with Crippen LogP contribution in [0.15, 0.2) is 24.5 Å². The van der Waals surface area contributed by atoms with Crippen molar-refractivity contribution >= 4 is 5.97 Å². The van der Waals surface area contributed by atoms with Crippen molar-refractivity contribution in [3.05, 3.63) is 30.1 Å². The van der Waals surface area contributed by atoms with Crippen molar-refractivity contribution in [2.45, 2.75) is 20.0 Å². The van der Waals surface area contributed by atoms with Crippen LogP contribution >= 0.6 is 0 Å². The van der Waals surface area contributed by atoms with Gasteiger partial charge in [0.15, 0.2) is 0 Å². The Kier molecular flexibility index (Phi) is 2.80. The summed E-state index contributed by atoms with van der Waals surface area (Å²) in [5, 5.41) is 0. The van der Waals surface area contributed by atoms with Crippen molar-refractivity contribution in [3.63, 3.8) is 0 Å². The molecule has 0 fully saturated rings. The number of carbonyl (C=O) groups is 1. The largest absolute Gasteiger partial charge is 0.458 e. The van der Waals surface area contributed by atoms with Gasteiger partial charge in [-0.15, -0.1) is 0 Å². The highest BCUT2D eigenvalue weighted by atomic mass is 16.5. The predicted molar refractivity (Wildman–Crippen MR) is 44.4 cm³/mol. The average molecular weight is 165 g/mol. The summed E-state index contributed by atoms with van der Waals surface area (Å²) in [6.45, 7) is 3.23. The molecule has 1 unspecified atom stereocenters. The molecule has 1 rings (SSSR count). The fourth-order valence-electron chi connectivity index (χ4n) is 0.951. The molecule has 0 aliphatic carbocycles. The molecule has 1 heterocycles. The second-order valence-electron chi connectivity index (χ2n) is 2.53. The van der Waals surface area contributed by atoms with E-state index in [1.165, 1.54) is 6.92 Å². The lowest BCUT2D eigenvalue weighted by Crippen LogP contribution is -2.04. The Morgan fingerprint density at radius 3 is 2.58 bits per heavy atom. The number of pyridine rings is 1.